The molecule has 74 valence electrons. The van der Waals surface area contributed by atoms with Gasteiger partial charge in [-0.1, -0.05) is 24.4 Å². The fourth-order valence-electron chi connectivity index (χ4n) is 2.62. The minimum absolute atomic E-state index is 0.317. The van der Waals surface area contributed by atoms with E-state index in [2.05, 4.69) is 4.74 Å². The van der Waals surface area contributed by atoms with Crippen molar-refractivity contribution in [2.75, 3.05) is 7.11 Å². The molecule has 0 aromatic rings. The van der Waals surface area contributed by atoms with Crippen LogP contribution in [0.1, 0.15) is 25.7 Å². The van der Waals surface area contributed by atoms with Gasteiger partial charge in [-0.3, -0.25) is 4.79 Å². The third-order valence-corrected chi connectivity index (χ3v) is 4.01. The van der Waals surface area contributed by atoms with Crippen molar-refractivity contribution in [3.05, 3.63) is 0 Å². The van der Waals surface area contributed by atoms with Gasteiger partial charge in [0.15, 0.2) is 0 Å². The minimum Gasteiger partial charge on any atom is -0.468 e. The van der Waals surface area contributed by atoms with E-state index in [9.17, 15) is 9.18 Å². The van der Waals surface area contributed by atoms with E-state index in [1.807, 2.05) is 0 Å². The standard InChI is InChI=1S/C9H12ClFO2/c1-13-7(12)8-5-3-2-4-6(8)9(8,10)11/h6H,2-5H2,1H3/t6-,8+,9+/m1/s1. The van der Waals surface area contributed by atoms with Gasteiger partial charge in [0.25, 0.3) is 0 Å². The Balaban J connectivity index is 2.26. The number of hydrogen-bond acceptors (Lipinski definition) is 2. The zero-order valence-corrected chi connectivity index (χ0v) is 8.23. The smallest absolute Gasteiger partial charge is 0.316 e. The molecule has 0 heterocycles. The molecule has 2 aliphatic carbocycles. The first-order valence-electron chi connectivity index (χ1n) is 4.53. The number of alkyl halides is 2. The fraction of sp³-hybridized carbons (Fsp3) is 0.889. The van der Waals surface area contributed by atoms with E-state index in [-0.39, 0.29) is 5.92 Å². The summed E-state index contributed by atoms with van der Waals surface area (Å²) in [5.41, 5.74) is -1.01. The topological polar surface area (TPSA) is 26.3 Å². The van der Waals surface area contributed by atoms with Crippen LogP contribution in [-0.2, 0) is 9.53 Å². The van der Waals surface area contributed by atoms with Crippen LogP contribution < -0.4 is 0 Å². The quantitative estimate of drug-likeness (QED) is 0.486. The highest BCUT2D eigenvalue weighted by atomic mass is 35.5. The van der Waals surface area contributed by atoms with Gasteiger partial charge in [-0.15, -0.1) is 0 Å². The number of esters is 1. The number of carbonyl (C=O) groups excluding carboxylic acids is 1. The molecular formula is C9H12ClFO2. The van der Waals surface area contributed by atoms with Crippen molar-refractivity contribution < 1.29 is 13.9 Å². The van der Waals surface area contributed by atoms with E-state index in [1.165, 1.54) is 7.11 Å². The molecule has 0 spiro atoms. The maximum Gasteiger partial charge on any atom is 0.316 e. The largest absolute Gasteiger partial charge is 0.468 e. The number of carbonyl (C=O) groups is 1. The van der Waals surface area contributed by atoms with E-state index in [1.54, 1.807) is 0 Å². The third-order valence-electron chi connectivity index (χ3n) is 3.41. The van der Waals surface area contributed by atoms with Gasteiger partial charge >= 0.3 is 5.97 Å². The molecule has 2 fully saturated rings. The van der Waals surface area contributed by atoms with Gasteiger partial charge in [0.2, 0.25) is 5.13 Å². The maximum absolute atomic E-state index is 13.7. The van der Waals surface area contributed by atoms with E-state index in [0.717, 1.165) is 12.8 Å². The third kappa shape index (κ3) is 0.912. The lowest BCUT2D eigenvalue weighted by atomic mass is 9.88. The zero-order chi connectivity index (χ0) is 9.69. The molecule has 2 aliphatic rings. The molecule has 0 aromatic carbocycles. The van der Waals surface area contributed by atoms with Gasteiger partial charge in [0.05, 0.1) is 7.11 Å². The SMILES string of the molecule is COC(=O)[C@]12CCCC[C@H]1[C@@]2(F)Cl. The monoisotopic (exact) mass is 206 g/mol. The van der Waals surface area contributed by atoms with Crippen LogP contribution in [-0.4, -0.2) is 18.2 Å². The Kier molecular flexibility index (Phi) is 1.85. The summed E-state index contributed by atoms with van der Waals surface area (Å²) in [5, 5.41) is -1.84. The van der Waals surface area contributed by atoms with Crippen molar-refractivity contribution in [3.8, 4) is 0 Å². The van der Waals surface area contributed by atoms with E-state index in [4.69, 9.17) is 11.6 Å². The second-order valence-corrected chi connectivity index (χ2v) is 4.43. The number of ether oxygens (including phenoxy) is 1. The Hall–Kier alpha value is -0.310. The molecule has 2 saturated carbocycles. The summed E-state index contributed by atoms with van der Waals surface area (Å²) >= 11 is 5.68. The number of hydrogen-bond donors (Lipinski definition) is 0. The minimum atomic E-state index is -1.84. The molecule has 0 N–H and O–H groups in total. The summed E-state index contributed by atoms with van der Waals surface area (Å²) in [6.07, 6.45) is 3.06. The van der Waals surface area contributed by atoms with Gasteiger partial charge in [-0.25, -0.2) is 4.39 Å². The van der Waals surface area contributed by atoms with Crippen molar-refractivity contribution in [2.24, 2.45) is 11.3 Å². The van der Waals surface area contributed by atoms with Gasteiger partial charge < -0.3 is 4.74 Å². The highest BCUT2D eigenvalue weighted by Gasteiger charge is 2.82. The van der Waals surface area contributed by atoms with Crippen LogP contribution in [0.25, 0.3) is 0 Å². The normalized spacial score (nSPS) is 48.1. The average Bonchev–Trinajstić information content (AvgIpc) is 2.65. The highest BCUT2D eigenvalue weighted by Crippen LogP contribution is 2.73. The molecule has 0 radical (unpaired) electrons. The van der Waals surface area contributed by atoms with Gasteiger partial charge in [-0.2, -0.15) is 0 Å². The van der Waals surface area contributed by atoms with Crippen LogP contribution in [0.2, 0.25) is 0 Å². The summed E-state index contributed by atoms with van der Waals surface area (Å²) in [4.78, 5) is 11.4. The van der Waals surface area contributed by atoms with Crippen LogP contribution >= 0.6 is 11.6 Å². The van der Waals surface area contributed by atoms with Gasteiger partial charge in [0, 0.05) is 5.92 Å². The molecule has 3 atom stereocenters. The van der Waals surface area contributed by atoms with E-state index >= 15 is 0 Å². The van der Waals surface area contributed by atoms with Crippen molar-refractivity contribution in [1.29, 1.82) is 0 Å². The summed E-state index contributed by atoms with van der Waals surface area (Å²) in [7, 11) is 1.29. The Morgan fingerprint density at radius 1 is 1.62 bits per heavy atom. The van der Waals surface area contributed by atoms with Crippen LogP contribution in [0.15, 0.2) is 0 Å². The second kappa shape index (κ2) is 2.59. The first-order chi connectivity index (χ1) is 6.07. The van der Waals surface area contributed by atoms with Crippen molar-refractivity contribution in [3.63, 3.8) is 0 Å². The van der Waals surface area contributed by atoms with E-state index in [0.29, 0.717) is 12.8 Å². The number of rotatable bonds is 1. The molecule has 4 heteroatoms. The second-order valence-electron chi connectivity index (χ2n) is 3.88. The Labute approximate surface area is 81.4 Å². The summed E-state index contributed by atoms with van der Waals surface area (Å²) in [6, 6.07) is 0. The van der Waals surface area contributed by atoms with Crippen LogP contribution in [0, 0.1) is 11.3 Å². The maximum atomic E-state index is 13.7. The van der Waals surface area contributed by atoms with Crippen molar-refractivity contribution in [1.82, 2.24) is 0 Å². The van der Waals surface area contributed by atoms with Crippen molar-refractivity contribution in [2.45, 2.75) is 30.8 Å². The highest BCUT2D eigenvalue weighted by molar-refractivity contribution is 6.28. The molecule has 0 unspecified atom stereocenters. The van der Waals surface area contributed by atoms with Crippen LogP contribution in [0.4, 0.5) is 4.39 Å². The van der Waals surface area contributed by atoms with Gasteiger partial charge in [0.1, 0.15) is 5.41 Å². The van der Waals surface area contributed by atoms with Crippen molar-refractivity contribution >= 4 is 17.6 Å². The molecule has 2 rings (SSSR count). The molecule has 0 bridgehead atoms. The Morgan fingerprint density at radius 2 is 2.31 bits per heavy atom. The molecule has 0 amide bonds. The lowest BCUT2D eigenvalue weighted by molar-refractivity contribution is -0.149. The van der Waals surface area contributed by atoms with Gasteiger partial charge in [-0.05, 0) is 12.8 Å². The lowest BCUT2D eigenvalue weighted by Crippen LogP contribution is -2.25. The summed E-state index contributed by atoms with van der Waals surface area (Å²) < 4.78 is 18.3. The van der Waals surface area contributed by atoms with Crippen LogP contribution in [0.5, 0.6) is 0 Å². The lowest BCUT2D eigenvalue weighted by Gasteiger charge is -2.17. The summed E-state index contributed by atoms with van der Waals surface area (Å²) in [6.45, 7) is 0. The fourth-order valence-corrected chi connectivity index (χ4v) is 3.16. The first-order valence-corrected chi connectivity index (χ1v) is 4.91. The Morgan fingerprint density at radius 3 is 2.85 bits per heavy atom. The summed E-state index contributed by atoms with van der Waals surface area (Å²) in [5.74, 6) is -0.794. The Bertz CT molecular complexity index is 254. The zero-order valence-electron chi connectivity index (χ0n) is 7.48. The molecule has 0 aliphatic heterocycles. The van der Waals surface area contributed by atoms with E-state index < -0.39 is 16.5 Å². The molecular weight excluding hydrogens is 195 g/mol. The number of methoxy groups -OCH3 is 1. The molecule has 13 heavy (non-hydrogen) atoms. The number of fused-ring (bicyclic) bond motifs is 1. The van der Waals surface area contributed by atoms with Crippen LogP contribution in [0.3, 0.4) is 0 Å². The molecule has 0 aromatic heterocycles. The number of halogens is 2. The molecule has 0 saturated heterocycles. The predicted molar refractivity (Wildman–Crippen MR) is 46.1 cm³/mol. The average molecular weight is 207 g/mol. The molecule has 2 nitrogen and oxygen atoms in total. The first kappa shape index (κ1) is 9.25. The predicted octanol–water partition coefficient (Wildman–Crippen LogP) is 2.25.